The maximum Gasteiger partial charge on any atom is 0.247 e. The molecule has 0 radical (unpaired) electrons. The standard InChI is InChI=1S/C33H36N4O4/c1-8-31(39)36-27-11-9-10-20(2)32(27)37-30-17-28-22(19-34-30)14-26(21-12-24(40-6)16-25(13-21)41-7)29(35-28)15-23(38)18-33(3,4)5/h8-14,16-17,19H,1,15,18H2,2-7H3,(H,34,37)(H,36,39). The Morgan fingerprint density at radius 2 is 1.73 bits per heavy atom. The molecule has 41 heavy (non-hydrogen) atoms. The van der Waals surface area contributed by atoms with Gasteiger partial charge in [0.2, 0.25) is 5.91 Å². The summed E-state index contributed by atoms with van der Waals surface area (Å²) < 4.78 is 11.0. The lowest BCUT2D eigenvalue weighted by atomic mass is 9.88. The van der Waals surface area contributed by atoms with Crippen LogP contribution in [-0.2, 0) is 16.0 Å². The predicted octanol–water partition coefficient (Wildman–Crippen LogP) is 7.04. The number of aromatic nitrogens is 2. The van der Waals surface area contributed by atoms with Crippen molar-refractivity contribution < 1.29 is 19.1 Å². The Morgan fingerprint density at radius 3 is 2.37 bits per heavy atom. The molecule has 2 heterocycles. The first-order chi connectivity index (χ1) is 19.5. The summed E-state index contributed by atoms with van der Waals surface area (Å²) in [5.74, 6) is 1.63. The number of pyridine rings is 2. The molecule has 2 N–H and O–H groups in total. The number of para-hydroxylation sites is 1. The maximum absolute atomic E-state index is 13.1. The lowest BCUT2D eigenvalue weighted by Crippen LogP contribution is -2.15. The molecular weight excluding hydrogens is 516 g/mol. The fraction of sp³-hybridized carbons (Fsp3) is 0.273. The molecule has 212 valence electrons. The number of fused-ring (bicyclic) bond motifs is 1. The Bertz CT molecular complexity index is 1600. The van der Waals surface area contributed by atoms with Gasteiger partial charge in [0.15, 0.2) is 0 Å². The number of hydrogen-bond donors (Lipinski definition) is 2. The van der Waals surface area contributed by atoms with E-state index in [1.54, 1.807) is 26.5 Å². The molecular formula is C33H36N4O4. The number of benzene rings is 2. The number of hydrogen-bond acceptors (Lipinski definition) is 7. The van der Waals surface area contributed by atoms with Gasteiger partial charge in [0.1, 0.15) is 23.1 Å². The van der Waals surface area contributed by atoms with Crippen molar-refractivity contribution >= 4 is 39.8 Å². The second kappa shape index (κ2) is 12.2. The number of nitrogens with one attached hydrogen (secondary N) is 2. The molecule has 0 saturated carbocycles. The van der Waals surface area contributed by atoms with Crippen LogP contribution < -0.4 is 20.1 Å². The van der Waals surface area contributed by atoms with E-state index in [0.29, 0.717) is 40.6 Å². The van der Waals surface area contributed by atoms with Gasteiger partial charge < -0.3 is 20.1 Å². The van der Waals surface area contributed by atoms with Crippen molar-refractivity contribution in [1.82, 2.24) is 9.97 Å². The molecule has 2 aromatic heterocycles. The number of aryl methyl sites for hydroxylation is 1. The highest BCUT2D eigenvalue weighted by Crippen LogP contribution is 2.35. The topological polar surface area (TPSA) is 102 Å². The van der Waals surface area contributed by atoms with E-state index in [9.17, 15) is 9.59 Å². The third kappa shape index (κ3) is 7.28. The number of ether oxygens (including phenoxy) is 2. The van der Waals surface area contributed by atoms with Gasteiger partial charge >= 0.3 is 0 Å². The van der Waals surface area contributed by atoms with Gasteiger partial charge in [-0.25, -0.2) is 4.98 Å². The number of amides is 1. The zero-order chi connectivity index (χ0) is 29.7. The summed E-state index contributed by atoms with van der Waals surface area (Å²) in [4.78, 5) is 34.7. The van der Waals surface area contributed by atoms with Crippen molar-refractivity contribution in [2.24, 2.45) is 5.41 Å². The first-order valence-electron chi connectivity index (χ1n) is 13.3. The highest BCUT2D eigenvalue weighted by Gasteiger charge is 2.20. The predicted molar refractivity (Wildman–Crippen MR) is 164 cm³/mol. The molecule has 0 saturated heterocycles. The van der Waals surface area contributed by atoms with Crippen molar-refractivity contribution in [3.63, 3.8) is 0 Å². The molecule has 8 heteroatoms. The molecule has 0 unspecified atom stereocenters. The van der Waals surface area contributed by atoms with Crippen LogP contribution in [0.2, 0.25) is 0 Å². The molecule has 0 aliphatic carbocycles. The van der Waals surface area contributed by atoms with Crippen LogP contribution in [-0.4, -0.2) is 35.9 Å². The maximum atomic E-state index is 13.1. The van der Waals surface area contributed by atoms with Crippen LogP contribution in [0.5, 0.6) is 11.5 Å². The molecule has 0 fully saturated rings. The minimum Gasteiger partial charge on any atom is -0.497 e. The second-order valence-corrected chi connectivity index (χ2v) is 11.1. The first-order valence-corrected chi connectivity index (χ1v) is 13.3. The highest BCUT2D eigenvalue weighted by atomic mass is 16.5. The Hall–Kier alpha value is -4.72. The van der Waals surface area contributed by atoms with Gasteiger partial charge in [-0.15, -0.1) is 0 Å². The lowest BCUT2D eigenvalue weighted by Gasteiger charge is -2.18. The van der Waals surface area contributed by atoms with E-state index in [1.165, 1.54) is 6.08 Å². The molecule has 8 nitrogen and oxygen atoms in total. The Balaban J connectivity index is 1.80. The SMILES string of the molecule is C=CC(=O)Nc1cccc(C)c1Nc1cc2nc(CC(=O)CC(C)(C)C)c(-c3cc(OC)cc(OC)c3)cc2cn1. The molecule has 1 amide bonds. The molecule has 4 aromatic rings. The summed E-state index contributed by atoms with van der Waals surface area (Å²) in [7, 11) is 3.21. The normalized spacial score (nSPS) is 11.2. The average molecular weight is 553 g/mol. The van der Waals surface area contributed by atoms with Crippen molar-refractivity contribution in [2.75, 3.05) is 24.9 Å². The van der Waals surface area contributed by atoms with E-state index >= 15 is 0 Å². The fourth-order valence-corrected chi connectivity index (χ4v) is 4.61. The molecule has 0 bridgehead atoms. The highest BCUT2D eigenvalue weighted by molar-refractivity contribution is 6.02. The summed E-state index contributed by atoms with van der Waals surface area (Å²) in [5.41, 5.74) is 5.11. The number of carbonyl (C=O) groups is 2. The first kappa shape index (κ1) is 29.3. The van der Waals surface area contributed by atoms with Gasteiger partial charge in [0, 0.05) is 42.1 Å². The molecule has 4 rings (SSSR count). The number of methoxy groups -OCH3 is 2. The molecule has 0 aliphatic heterocycles. The Kier molecular flexibility index (Phi) is 8.71. The fourth-order valence-electron chi connectivity index (χ4n) is 4.61. The summed E-state index contributed by atoms with van der Waals surface area (Å²) in [6.07, 6.45) is 3.58. The van der Waals surface area contributed by atoms with Crippen LogP contribution in [0.1, 0.15) is 38.4 Å². The number of rotatable bonds is 10. The summed E-state index contributed by atoms with van der Waals surface area (Å²) in [6.45, 7) is 11.6. The van der Waals surface area contributed by atoms with E-state index < -0.39 is 0 Å². The number of anilines is 3. The monoisotopic (exact) mass is 552 g/mol. The van der Waals surface area contributed by atoms with Crippen molar-refractivity contribution in [3.8, 4) is 22.6 Å². The average Bonchev–Trinajstić information content (AvgIpc) is 2.92. The van der Waals surface area contributed by atoms with E-state index in [0.717, 1.165) is 27.8 Å². The molecule has 2 aromatic carbocycles. The third-order valence-electron chi connectivity index (χ3n) is 6.50. The van der Waals surface area contributed by atoms with Gasteiger partial charge in [-0.1, -0.05) is 39.5 Å². The minimum absolute atomic E-state index is 0.107. The van der Waals surface area contributed by atoms with E-state index in [4.69, 9.17) is 14.5 Å². The van der Waals surface area contributed by atoms with Crippen LogP contribution in [0.4, 0.5) is 17.2 Å². The molecule has 0 spiro atoms. The largest absolute Gasteiger partial charge is 0.497 e. The molecule has 0 atom stereocenters. The van der Waals surface area contributed by atoms with Crippen LogP contribution in [0, 0.1) is 12.3 Å². The second-order valence-electron chi connectivity index (χ2n) is 11.1. The van der Waals surface area contributed by atoms with Crippen molar-refractivity contribution in [3.05, 3.63) is 78.6 Å². The number of Topliss-reactive ketones (excluding diaryl/α,β-unsaturated/α-hetero) is 1. The van der Waals surface area contributed by atoms with E-state index in [2.05, 4.69) is 22.2 Å². The van der Waals surface area contributed by atoms with Gasteiger partial charge in [0.05, 0.1) is 36.8 Å². The van der Waals surface area contributed by atoms with E-state index in [-0.39, 0.29) is 23.5 Å². The van der Waals surface area contributed by atoms with Crippen LogP contribution >= 0.6 is 0 Å². The Morgan fingerprint density at radius 1 is 1.02 bits per heavy atom. The van der Waals surface area contributed by atoms with Gasteiger partial charge in [-0.3, -0.25) is 14.6 Å². The Labute approximate surface area is 240 Å². The van der Waals surface area contributed by atoms with Crippen molar-refractivity contribution in [2.45, 2.75) is 40.5 Å². The van der Waals surface area contributed by atoms with Crippen LogP contribution in [0.15, 0.2) is 67.4 Å². The molecule has 0 aliphatic rings. The smallest absolute Gasteiger partial charge is 0.247 e. The van der Waals surface area contributed by atoms with Crippen molar-refractivity contribution in [1.29, 1.82) is 0 Å². The number of nitrogens with zero attached hydrogens (tertiary/aromatic N) is 2. The zero-order valence-corrected chi connectivity index (χ0v) is 24.4. The summed E-state index contributed by atoms with van der Waals surface area (Å²) >= 11 is 0. The van der Waals surface area contributed by atoms with Gasteiger partial charge in [0.25, 0.3) is 0 Å². The zero-order valence-electron chi connectivity index (χ0n) is 24.4. The quantitative estimate of drug-likeness (QED) is 0.203. The number of ketones is 1. The van der Waals surface area contributed by atoms with E-state index in [1.807, 2.05) is 70.2 Å². The van der Waals surface area contributed by atoms with Crippen LogP contribution in [0.3, 0.4) is 0 Å². The summed E-state index contributed by atoms with van der Waals surface area (Å²) in [5, 5.41) is 6.97. The van der Waals surface area contributed by atoms with Gasteiger partial charge in [-0.2, -0.15) is 0 Å². The van der Waals surface area contributed by atoms with Crippen LogP contribution in [0.25, 0.3) is 22.0 Å². The van der Waals surface area contributed by atoms with Gasteiger partial charge in [-0.05, 0) is 53.8 Å². The third-order valence-corrected chi connectivity index (χ3v) is 6.50. The summed E-state index contributed by atoms with van der Waals surface area (Å²) in [6, 6.07) is 15.1. The lowest BCUT2D eigenvalue weighted by molar-refractivity contribution is -0.120. The minimum atomic E-state index is -0.307. The number of carbonyl (C=O) groups excluding carboxylic acids is 2.